The fourth-order valence-electron chi connectivity index (χ4n) is 4.13. The molecule has 0 N–H and O–H groups in total. The molecule has 1 aliphatic heterocycles. The van der Waals surface area contributed by atoms with E-state index in [2.05, 4.69) is 4.98 Å². The molecular formula is C22H19F6NO3. The molecule has 2 fully saturated rings. The zero-order valence-electron chi connectivity index (χ0n) is 17.1. The van der Waals surface area contributed by atoms with Gasteiger partial charge >= 0.3 is 12.4 Å². The first-order valence-electron chi connectivity index (χ1n) is 9.93. The highest BCUT2D eigenvalue weighted by atomic mass is 19.4. The van der Waals surface area contributed by atoms with Crippen LogP contribution < -0.4 is 0 Å². The molecule has 2 heterocycles. The lowest BCUT2D eigenvalue weighted by Gasteiger charge is -2.45. The summed E-state index contributed by atoms with van der Waals surface area (Å²) in [5, 5.41) is 0.119. The number of ketones is 1. The standard InChI is InChI=1S/C22H19F6NO3/c1-11-17(30)9-14-10-18(11)31-32-20(14,2)6-5-12-7-19(22(26,27)28)29-16-8-13(21(23,24)25)3-4-15(12)16/h3-8,11,14,18H,9-10H2,1-2H3/b6-5+/t11-,14+,18+,20+/m0/s1. The molecule has 4 atom stereocenters. The highest BCUT2D eigenvalue weighted by Crippen LogP contribution is 2.43. The molecule has 2 bridgehead atoms. The van der Waals surface area contributed by atoms with Crippen molar-refractivity contribution in [2.75, 3.05) is 0 Å². The van der Waals surface area contributed by atoms with E-state index < -0.39 is 34.7 Å². The van der Waals surface area contributed by atoms with E-state index in [1.165, 1.54) is 12.2 Å². The Morgan fingerprint density at radius 2 is 1.84 bits per heavy atom. The Morgan fingerprint density at radius 3 is 2.50 bits per heavy atom. The monoisotopic (exact) mass is 459 g/mol. The highest BCUT2D eigenvalue weighted by molar-refractivity contribution is 5.89. The van der Waals surface area contributed by atoms with Crippen molar-refractivity contribution in [2.24, 2.45) is 11.8 Å². The number of nitrogens with zero attached hydrogens (tertiary/aromatic N) is 1. The van der Waals surface area contributed by atoms with Crippen molar-refractivity contribution in [1.29, 1.82) is 0 Å². The molecule has 1 saturated carbocycles. The molecule has 4 nitrogen and oxygen atoms in total. The van der Waals surface area contributed by atoms with Gasteiger partial charge in [-0.25, -0.2) is 14.8 Å². The lowest BCUT2D eigenvalue weighted by molar-refractivity contribution is -0.415. The zero-order chi connectivity index (χ0) is 23.5. The van der Waals surface area contributed by atoms with E-state index in [1.807, 2.05) is 0 Å². The van der Waals surface area contributed by atoms with E-state index in [0.29, 0.717) is 12.5 Å². The number of hydrogen-bond donors (Lipinski definition) is 0. The second-order valence-electron chi connectivity index (χ2n) is 8.45. The van der Waals surface area contributed by atoms with Gasteiger partial charge in [0.05, 0.1) is 11.1 Å². The van der Waals surface area contributed by atoms with Crippen molar-refractivity contribution < 1.29 is 40.9 Å². The number of fused-ring (bicyclic) bond motifs is 3. The number of alkyl halides is 6. The summed E-state index contributed by atoms with van der Waals surface area (Å²) < 4.78 is 79.2. The summed E-state index contributed by atoms with van der Waals surface area (Å²) in [6, 6.07) is 3.25. The van der Waals surface area contributed by atoms with Crippen LogP contribution in [0.4, 0.5) is 26.3 Å². The largest absolute Gasteiger partial charge is 0.433 e. The molecule has 2 aromatic rings. The molecule has 10 heteroatoms. The van der Waals surface area contributed by atoms with Crippen LogP contribution in [-0.4, -0.2) is 22.5 Å². The van der Waals surface area contributed by atoms with Crippen LogP contribution in [0, 0.1) is 11.8 Å². The van der Waals surface area contributed by atoms with E-state index in [9.17, 15) is 31.1 Å². The number of rotatable bonds is 2. The maximum atomic E-state index is 13.4. The van der Waals surface area contributed by atoms with Crippen LogP contribution in [0.25, 0.3) is 17.0 Å². The van der Waals surface area contributed by atoms with Crippen molar-refractivity contribution in [3.63, 3.8) is 0 Å². The van der Waals surface area contributed by atoms with Gasteiger partial charge in [0, 0.05) is 23.6 Å². The Balaban J connectivity index is 1.76. The molecule has 1 aromatic heterocycles. The number of aromatic nitrogens is 1. The summed E-state index contributed by atoms with van der Waals surface area (Å²) in [5.41, 5.74) is -3.90. The molecule has 2 aliphatic rings. The van der Waals surface area contributed by atoms with Gasteiger partial charge in [-0.3, -0.25) is 4.79 Å². The number of benzene rings is 1. The van der Waals surface area contributed by atoms with Gasteiger partial charge in [0.1, 0.15) is 23.2 Å². The van der Waals surface area contributed by atoms with E-state index in [1.54, 1.807) is 13.8 Å². The Morgan fingerprint density at radius 1 is 1.12 bits per heavy atom. The van der Waals surface area contributed by atoms with Gasteiger partial charge in [0.25, 0.3) is 0 Å². The summed E-state index contributed by atoms with van der Waals surface area (Å²) in [7, 11) is 0. The van der Waals surface area contributed by atoms with Crippen molar-refractivity contribution in [3.05, 3.63) is 47.2 Å². The van der Waals surface area contributed by atoms with Gasteiger partial charge in [0.2, 0.25) is 0 Å². The Labute approximate surface area is 179 Å². The molecule has 1 saturated heterocycles. The van der Waals surface area contributed by atoms with Gasteiger partial charge in [-0.2, -0.15) is 26.3 Å². The summed E-state index contributed by atoms with van der Waals surface area (Å²) in [6.07, 6.45) is -6.33. The molecule has 1 aliphatic carbocycles. The molecule has 172 valence electrons. The first-order chi connectivity index (χ1) is 14.8. The van der Waals surface area contributed by atoms with Gasteiger partial charge in [-0.15, -0.1) is 0 Å². The Hall–Kier alpha value is -2.46. The van der Waals surface area contributed by atoms with Crippen LogP contribution in [0.5, 0.6) is 0 Å². The number of pyridine rings is 1. The molecule has 0 amide bonds. The number of carbonyl (C=O) groups is 1. The van der Waals surface area contributed by atoms with Crippen molar-refractivity contribution >= 4 is 22.8 Å². The third kappa shape index (κ3) is 4.13. The SMILES string of the molecule is C[C@H]1C(=O)C[C@@H]2C[C@H]1OO[C@]2(C)/C=C/c1cc(C(F)(F)F)nc2cc(C(F)(F)F)ccc12. The number of carbonyl (C=O) groups excluding carboxylic acids is 1. The molecule has 4 rings (SSSR count). The van der Waals surface area contributed by atoms with Crippen molar-refractivity contribution in [3.8, 4) is 0 Å². The minimum atomic E-state index is -4.85. The normalized spacial score (nSPS) is 29.1. The van der Waals surface area contributed by atoms with Crippen molar-refractivity contribution in [1.82, 2.24) is 4.98 Å². The first-order valence-corrected chi connectivity index (χ1v) is 9.93. The fourth-order valence-corrected chi connectivity index (χ4v) is 4.13. The molecule has 0 unspecified atom stereocenters. The van der Waals surface area contributed by atoms with Gasteiger partial charge in [-0.05, 0) is 43.2 Å². The summed E-state index contributed by atoms with van der Waals surface area (Å²) >= 11 is 0. The third-order valence-electron chi connectivity index (χ3n) is 6.25. The Kier molecular flexibility index (Phi) is 5.36. The molecule has 32 heavy (non-hydrogen) atoms. The minimum absolute atomic E-state index is 0.0163. The maximum absolute atomic E-state index is 13.4. The predicted octanol–water partition coefficient (Wildman–Crippen LogP) is 5.99. The molecule has 0 spiro atoms. The Bertz CT molecular complexity index is 1090. The van der Waals surface area contributed by atoms with Crippen LogP contribution >= 0.6 is 0 Å². The topological polar surface area (TPSA) is 48.4 Å². The average Bonchev–Trinajstić information content (AvgIpc) is 2.70. The summed E-state index contributed by atoms with van der Waals surface area (Å²) in [4.78, 5) is 26.5. The van der Waals surface area contributed by atoms with E-state index >= 15 is 0 Å². The maximum Gasteiger partial charge on any atom is 0.433 e. The number of hydrogen-bond acceptors (Lipinski definition) is 4. The van der Waals surface area contributed by atoms with E-state index in [0.717, 1.165) is 18.2 Å². The third-order valence-corrected chi connectivity index (χ3v) is 6.25. The molecule has 0 radical (unpaired) electrons. The van der Waals surface area contributed by atoms with Crippen molar-refractivity contribution in [2.45, 2.75) is 50.7 Å². The minimum Gasteiger partial charge on any atom is -0.299 e. The molecule has 1 aromatic carbocycles. The second-order valence-corrected chi connectivity index (χ2v) is 8.45. The van der Waals surface area contributed by atoms with E-state index in [-0.39, 0.29) is 41.1 Å². The zero-order valence-corrected chi connectivity index (χ0v) is 17.1. The number of Topliss-reactive ketones (excluding diaryl/α,β-unsaturated/α-hetero) is 1. The van der Waals surface area contributed by atoms with E-state index in [4.69, 9.17) is 9.78 Å². The van der Waals surface area contributed by atoms with Crippen LogP contribution in [0.1, 0.15) is 43.5 Å². The predicted molar refractivity (Wildman–Crippen MR) is 102 cm³/mol. The number of halogens is 6. The van der Waals surface area contributed by atoms with Crippen LogP contribution in [0.3, 0.4) is 0 Å². The first kappa shape index (κ1) is 22.7. The van der Waals surface area contributed by atoms with Gasteiger partial charge < -0.3 is 0 Å². The summed E-state index contributed by atoms with van der Waals surface area (Å²) in [5.74, 6) is -0.531. The average molecular weight is 459 g/mol. The second kappa shape index (κ2) is 7.55. The van der Waals surface area contributed by atoms with Gasteiger partial charge in [0.15, 0.2) is 0 Å². The van der Waals surface area contributed by atoms with Crippen LogP contribution in [0.15, 0.2) is 30.3 Å². The highest BCUT2D eigenvalue weighted by Gasteiger charge is 2.48. The van der Waals surface area contributed by atoms with Crippen LogP contribution in [-0.2, 0) is 26.9 Å². The fraction of sp³-hybridized carbons (Fsp3) is 0.455. The summed E-state index contributed by atoms with van der Waals surface area (Å²) in [6.45, 7) is 3.41. The lowest BCUT2D eigenvalue weighted by atomic mass is 9.71. The lowest BCUT2D eigenvalue weighted by Crippen LogP contribution is -2.51. The van der Waals surface area contributed by atoms with Gasteiger partial charge in [-0.1, -0.05) is 19.1 Å². The molecular weight excluding hydrogens is 440 g/mol. The smallest absolute Gasteiger partial charge is 0.299 e. The quantitative estimate of drug-likeness (QED) is 0.409. The van der Waals surface area contributed by atoms with Crippen LogP contribution in [0.2, 0.25) is 0 Å².